The van der Waals surface area contributed by atoms with Crippen LogP contribution in [0.15, 0.2) is 0 Å². The van der Waals surface area contributed by atoms with Crippen molar-refractivity contribution in [3.63, 3.8) is 0 Å². The number of rotatable bonds is 0. The fourth-order valence-electron chi connectivity index (χ4n) is 0. The Kier molecular flexibility index (Phi) is 26.9. The Morgan fingerprint density at radius 3 is 1.75 bits per heavy atom. The molecule has 0 aliphatic carbocycles. The summed E-state index contributed by atoms with van der Waals surface area (Å²) in [4.78, 5) is 8.24. The van der Waals surface area contributed by atoms with Gasteiger partial charge in [0.15, 0.2) is 0 Å². The van der Waals surface area contributed by atoms with Gasteiger partial charge in [-0.1, -0.05) is 0 Å². The van der Waals surface area contributed by atoms with Crippen LogP contribution in [0.2, 0.25) is 0 Å². The Morgan fingerprint density at radius 1 is 1.75 bits per heavy atom. The average Bonchev–Trinajstić information content (AvgIpc) is 0.918. The minimum absolute atomic E-state index is 0. The Hall–Kier alpha value is 0.00338. The van der Waals surface area contributed by atoms with Gasteiger partial charge < -0.3 is 5.41 Å². The Morgan fingerprint density at radius 2 is 1.75 bits per heavy atom. The van der Waals surface area contributed by atoms with Crippen molar-refractivity contribution in [2.24, 2.45) is 0 Å². The standard InChI is InChI=1S/CNO.Rh/c2-1-3;/q-1;. The van der Waals surface area contributed by atoms with E-state index in [4.69, 9.17) is 10.2 Å². The van der Waals surface area contributed by atoms with Crippen LogP contribution in [0.3, 0.4) is 0 Å². The van der Waals surface area contributed by atoms with Gasteiger partial charge in [-0.3, -0.25) is 4.79 Å². The van der Waals surface area contributed by atoms with Crippen molar-refractivity contribution in [1.82, 2.24) is 0 Å². The zero-order valence-electron chi connectivity index (χ0n) is 1.69. The van der Waals surface area contributed by atoms with E-state index in [9.17, 15) is 0 Å². The SMILES string of the molecule is [N-]=C=O.[Rh]. The van der Waals surface area contributed by atoms with Gasteiger partial charge in [0.2, 0.25) is 0 Å². The summed E-state index contributed by atoms with van der Waals surface area (Å²) in [5.41, 5.74) is 0. The summed E-state index contributed by atoms with van der Waals surface area (Å²) in [7, 11) is 0. The van der Waals surface area contributed by atoms with Crippen molar-refractivity contribution in [1.29, 1.82) is 0 Å². The summed E-state index contributed by atoms with van der Waals surface area (Å²) in [5.74, 6) is 0. The molecule has 0 heterocycles. The van der Waals surface area contributed by atoms with E-state index >= 15 is 0 Å². The van der Waals surface area contributed by atoms with E-state index < -0.39 is 0 Å². The predicted octanol–water partition coefficient (Wildman–Crippen LogP) is -0.111. The normalized spacial score (nSPS) is 2.00. The first kappa shape index (κ1) is 9.00. The number of nitrogens with zero attached hydrogens (tertiary/aromatic N) is 1. The fourth-order valence-corrected chi connectivity index (χ4v) is 0. The Labute approximate surface area is 36.5 Å². The van der Waals surface area contributed by atoms with E-state index in [1.54, 1.807) is 0 Å². The zero-order valence-corrected chi connectivity index (χ0v) is 3.33. The van der Waals surface area contributed by atoms with Gasteiger partial charge in [-0.05, 0) is 6.08 Å². The summed E-state index contributed by atoms with van der Waals surface area (Å²) in [6.45, 7) is 0. The van der Waals surface area contributed by atoms with Crippen LogP contribution < -0.4 is 0 Å². The zero-order chi connectivity index (χ0) is 2.71. The van der Waals surface area contributed by atoms with Gasteiger partial charge in [0, 0.05) is 19.5 Å². The number of hydrogen-bond donors (Lipinski definition) is 0. The molecule has 0 saturated heterocycles. The van der Waals surface area contributed by atoms with Gasteiger partial charge in [0.05, 0.1) is 0 Å². The van der Waals surface area contributed by atoms with Crippen LogP contribution in [0.4, 0.5) is 0 Å². The summed E-state index contributed by atoms with van der Waals surface area (Å²) in [6, 6.07) is 0. The van der Waals surface area contributed by atoms with E-state index in [-0.39, 0.29) is 19.5 Å². The third-order valence-electron chi connectivity index (χ3n) is 0. The molecule has 0 aliphatic heterocycles. The molecule has 0 atom stereocenters. The molecule has 0 aromatic heterocycles. The van der Waals surface area contributed by atoms with Crippen LogP contribution >= 0.6 is 0 Å². The van der Waals surface area contributed by atoms with E-state index in [2.05, 4.69) is 0 Å². The van der Waals surface area contributed by atoms with Gasteiger partial charge in [-0.15, -0.1) is 0 Å². The summed E-state index contributed by atoms with van der Waals surface area (Å²) >= 11 is 0. The number of isocyanates is 1. The molecular weight excluding hydrogens is 145 g/mol. The predicted molar refractivity (Wildman–Crippen MR) is 9.05 cm³/mol. The molecule has 25 valence electrons. The second-order valence-electron chi connectivity index (χ2n) is 0.0913. The van der Waals surface area contributed by atoms with Gasteiger partial charge in [-0.25, -0.2) is 0 Å². The van der Waals surface area contributed by atoms with Crippen LogP contribution in [0, 0.1) is 0 Å². The van der Waals surface area contributed by atoms with Crippen LogP contribution in [0.25, 0.3) is 5.41 Å². The molecule has 2 nitrogen and oxygen atoms in total. The van der Waals surface area contributed by atoms with E-state index in [1.165, 1.54) is 0 Å². The van der Waals surface area contributed by atoms with Crippen molar-refractivity contribution in [3.05, 3.63) is 5.41 Å². The molecule has 0 N–H and O–H groups in total. The maximum Gasteiger partial charge on any atom is 0 e. The monoisotopic (exact) mass is 145 g/mol. The molecule has 1 radical (unpaired) electrons. The molecule has 0 unspecified atom stereocenters. The average molecular weight is 145 g/mol. The molecule has 0 amide bonds. The number of carbonyl (C=O) groups excluding carboxylic acids is 1. The molecule has 0 aromatic rings. The Bertz CT molecular complexity index is 29.0. The minimum Gasteiger partial charge on any atom is -0.724 e. The molecule has 0 aliphatic rings. The molecule has 0 saturated carbocycles. The topological polar surface area (TPSA) is 39.4 Å². The third kappa shape index (κ3) is 177000. The fraction of sp³-hybridized carbons (Fsp3) is 0. The van der Waals surface area contributed by atoms with Crippen molar-refractivity contribution in [2.75, 3.05) is 0 Å². The first-order valence-electron chi connectivity index (χ1n) is 0.428. The molecule has 0 spiro atoms. The van der Waals surface area contributed by atoms with Gasteiger partial charge in [0.25, 0.3) is 0 Å². The second-order valence-corrected chi connectivity index (χ2v) is 0.0913. The summed E-state index contributed by atoms with van der Waals surface area (Å²) < 4.78 is 0. The Balaban J connectivity index is 0. The van der Waals surface area contributed by atoms with E-state index in [0.717, 1.165) is 0 Å². The van der Waals surface area contributed by atoms with Crippen molar-refractivity contribution < 1.29 is 24.3 Å². The van der Waals surface area contributed by atoms with Crippen LogP contribution in [-0.4, -0.2) is 6.08 Å². The first-order valence-corrected chi connectivity index (χ1v) is 0.428. The first-order chi connectivity index (χ1) is 1.41. The van der Waals surface area contributed by atoms with Gasteiger partial charge in [-0.2, -0.15) is 0 Å². The van der Waals surface area contributed by atoms with Crippen molar-refractivity contribution in [2.45, 2.75) is 0 Å². The smallest absolute Gasteiger partial charge is 0 e. The summed E-state index contributed by atoms with van der Waals surface area (Å²) in [5, 5.41) is 6.76. The van der Waals surface area contributed by atoms with Crippen LogP contribution in [-0.2, 0) is 24.3 Å². The van der Waals surface area contributed by atoms with Crippen molar-refractivity contribution >= 4 is 6.08 Å². The number of hydrogen-bond acceptors (Lipinski definition) is 1. The molecule has 3 heteroatoms. The van der Waals surface area contributed by atoms with Gasteiger partial charge >= 0.3 is 0 Å². The van der Waals surface area contributed by atoms with Gasteiger partial charge in [0.1, 0.15) is 0 Å². The largest absolute Gasteiger partial charge is 0.724 e. The van der Waals surface area contributed by atoms with E-state index in [0.29, 0.717) is 6.08 Å². The molecule has 0 fully saturated rings. The summed E-state index contributed by atoms with van der Waals surface area (Å²) in [6.07, 6.45) is 0.500. The quantitative estimate of drug-likeness (QED) is 0.266. The molecule has 0 rings (SSSR count). The minimum atomic E-state index is 0. The van der Waals surface area contributed by atoms with E-state index in [1.807, 2.05) is 0 Å². The molecular formula is CNORh-. The molecule has 0 aromatic carbocycles. The van der Waals surface area contributed by atoms with Crippen LogP contribution in [0.1, 0.15) is 0 Å². The second kappa shape index (κ2) is 12.0. The maximum absolute atomic E-state index is 8.24. The molecule has 0 bridgehead atoms. The van der Waals surface area contributed by atoms with Crippen LogP contribution in [0.5, 0.6) is 0 Å². The maximum atomic E-state index is 8.24. The van der Waals surface area contributed by atoms with Crippen molar-refractivity contribution in [3.8, 4) is 0 Å². The third-order valence-corrected chi connectivity index (χ3v) is 0. The molecule has 4 heavy (non-hydrogen) atoms.